The zero-order valence-corrected chi connectivity index (χ0v) is 14.5. The lowest BCUT2D eigenvalue weighted by Gasteiger charge is -2.12. The van der Waals surface area contributed by atoms with E-state index in [4.69, 9.17) is 4.74 Å². The molecule has 0 aliphatic carbocycles. The number of rotatable bonds is 9. The maximum atomic E-state index is 5.03. The summed E-state index contributed by atoms with van der Waals surface area (Å²) in [5.41, 5.74) is 1.28. The minimum Gasteiger partial charge on any atom is -0.383 e. The van der Waals surface area contributed by atoms with Gasteiger partial charge in [0.25, 0.3) is 0 Å². The third-order valence-electron chi connectivity index (χ3n) is 3.55. The van der Waals surface area contributed by atoms with Crippen LogP contribution >= 0.6 is 0 Å². The van der Waals surface area contributed by atoms with E-state index in [1.54, 1.807) is 7.11 Å². The molecule has 6 nitrogen and oxygen atoms in total. The summed E-state index contributed by atoms with van der Waals surface area (Å²) in [6.45, 7) is 5.79. The molecule has 0 fully saturated rings. The minimum absolute atomic E-state index is 0.623. The predicted molar refractivity (Wildman–Crippen MR) is 97.3 cm³/mol. The lowest BCUT2D eigenvalue weighted by atomic mass is 10.2. The van der Waals surface area contributed by atoms with E-state index in [0.717, 1.165) is 37.8 Å². The number of guanidine groups is 1. The molecule has 0 bridgehead atoms. The van der Waals surface area contributed by atoms with Crippen LogP contribution in [0.15, 0.2) is 47.7 Å². The molecule has 0 spiro atoms. The van der Waals surface area contributed by atoms with Crippen LogP contribution in [-0.4, -0.2) is 48.9 Å². The van der Waals surface area contributed by atoms with Gasteiger partial charge in [-0.2, -0.15) is 0 Å². The average Bonchev–Trinajstić information content (AvgIpc) is 3.03. The summed E-state index contributed by atoms with van der Waals surface area (Å²) in [5.74, 6) is 1.88. The van der Waals surface area contributed by atoms with Crippen molar-refractivity contribution in [2.45, 2.75) is 19.9 Å². The summed E-state index contributed by atoms with van der Waals surface area (Å²) in [4.78, 5) is 8.93. The zero-order chi connectivity index (χ0) is 17.0. The molecule has 0 amide bonds. The Balaban J connectivity index is 1.85. The van der Waals surface area contributed by atoms with Gasteiger partial charge in [-0.3, -0.25) is 4.99 Å². The Bertz CT molecular complexity index is 609. The number of imidazole rings is 1. The molecule has 2 rings (SSSR count). The summed E-state index contributed by atoms with van der Waals surface area (Å²) < 4.78 is 7.22. The van der Waals surface area contributed by atoms with E-state index in [2.05, 4.69) is 56.4 Å². The van der Waals surface area contributed by atoms with Gasteiger partial charge in [0.15, 0.2) is 5.96 Å². The number of nitrogens with zero attached hydrogens (tertiary/aromatic N) is 3. The van der Waals surface area contributed by atoms with Crippen LogP contribution in [0.1, 0.15) is 18.3 Å². The normalized spacial score (nSPS) is 11.5. The first kappa shape index (κ1) is 18.0. The number of aromatic nitrogens is 2. The second-order valence-electron chi connectivity index (χ2n) is 5.39. The van der Waals surface area contributed by atoms with Crippen molar-refractivity contribution in [2.24, 2.45) is 4.99 Å². The van der Waals surface area contributed by atoms with Gasteiger partial charge in [0, 0.05) is 45.6 Å². The Kier molecular flexibility index (Phi) is 7.83. The molecule has 1 aromatic carbocycles. The van der Waals surface area contributed by atoms with Gasteiger partial charge in [-0.1, -0.05) is 30.3 Å². The van der Waals surface area contributed by atoms with E-state index >= 15 is 0 Å². The first-order chi connectivity index (χ1) is 11.8. The van der Waals surface area contributed by atoms with Crippen molar-refractivity contribution < 1.29 is 4.74 Å². The van der Waals surface area contributed by atoms with E-state index in [1.807, 2.05) is 18.5 Å². The number of ether oxygens (including phenoxy) is 1. The molecule has 1 aromatic heterocycles. The van der Waals surface area contributed by atoms with E-state index in [9.17, 15) is 0 Å². The Morgan fingerprint density at radius 3 is 2.83 bits per heavy atom. The van der Waals surface area contributed by atoms with E-state index in [0.29, 0.717) is 13.2 Å². The van der Waals surface area contributed by atoms with Crippen molar-refractivity contribution in [3.63, 3.8) is 0 Å². The van der Waals surface area contributed by atoms with E-state index in [1.165, 1.54) is 5.56 Å². The first-order valence-electron chi connectivity index (χ1n) is 8.38. The number of hydrogen-bond donors (Lipinski definition) is 2. The molecule has 24 heavy (non-hydrogen) atoms. The van der Waals surface area contributed by atoms with Gasteiger partial charge in [0.05, 0.1) is 13.2 Å². The van der Waals surface area contributed by atoms with E-state index in [-0.39, 0.29) is 0 Å². The molecule has 2 N–H and O–H groups in total. The molecule has 2 aromatic rings. The largest absolute Gasteiger partial charge is 0.383 e. The smallest absolute Gasteiger partial charge is 0.191 e. The Morgan fingerprint density at radius 2 is 2.08 bits per heavy atom. The molecule has 0 saturated heterocycles. The van der Waals surface area contributed by atoms with Crippen LogP contribution in [0.5, 0.6) is 0 Å². The second kappa shape index (κ2) is 10.4. The molecule has 0 unspecified atom stereocenters. The lowest BCUT2D eigenvalue weighted by Crippen LogP contribution is -2.38. The average molecular weight is 329 g/mol. The summed E-state index contributed by atoms with van der Waals surface area (Å²) in [6, 6.07) is 10.4. The van der Waals surface area contributed by atoms with Crippen LogP contribution in [0, 0.1) is 0 Å². The minimum atomic E-state index is 0.623. The molecule has 0 aliphatic heterocycles. The maximum Gasteiger partial charge on any atom is 0.191 e. The fourth-order valence-electron chi connectivity index (χ4n) is 2.38. The summed E-state index contributed by atoms with van der Waals surface area (Å²) >= 11 is 0. The van der Waals surface area contributed by atoms with E-state index < -0.39 is 0 Å². The van der Waals surface area contributed by atoms with Gasteiger partial charge in [-0.15, -0.1) is 0 Å². The number of aliphatic imine (C=N–C) groups is 1. The molecular formula is C18H27N5O. The molecular weight excluding hydrogens is 302 g/mol. The third kappa shape index (κ3) is 6.04. The standard InChI is InChI=1S/C18H27N5O/c1-3-19-18(22-12-14-24-2)21-10-9-17-20-11-13-23(17)15-16-7-5-4-6-8-16/h4-8,11,13H,3,9-10,12,14-15H2,1-2H3,(H2,19,21,22). The molecule has 130 valence electrons. The van der Waals surface area contributed by atoms with Gasteiger partial charge in [-0.25, -0.2) is 4.98 Å². The Hall–Kier alpha value is -2.34. The molecule has 0 radical (unpaired) electrons. The van der Waals surface area contributed by atoms with Crippen molar-refractivity contribution >= 4 is 5.96 Å². The summed E-state index contributed by atoms with van der Waals surface area (Å²) in [7, 11) is 1.68. The van der Waals surface area contributed by atoms with Gasteiger partial charge in [0.2, 0.25) is 0 Å². The van der Waals surface area contributed by atoms with Gasteiger partial charge in [0.1, 0.15) is 5.82 Å². The highest BCUT2D eigenvalue weighted by Gasteiger charge is 2.04. The topological polar surface area (TPSA) is 63.5 Å². The van der Waals surface area contributed by atoms with Crippen LogP contribution < -0.4 is 10.6 Å². The van der Waals surface area contributed by atoms with Crippen LogP contribution in [-0.2, 0) is 17.7 Å². The monoisotopic (exact) mass is 329 g/mol. The highest BCUT2D eigenvalue weighted by atomic mass is 16.5. The fourth-order valence-corrected chi connectivity index (χ4v) is 2.38. The zero-order valence-electron chi connectivity index (χ0n) is 14.5. The number of hydrogen-bond acceptors (Lipinski definition) is 3. The lowest BCUT2D eigenvalue weighted by molar-refractivity contribution is 0.208. The molecule has 0 saturated carbocycles. The predicted octanol–water partition coefficient (Wildman–Crippen LogP) is 1.68. The Labute approximate surface area is 144 Å². The fraction of sp³-hybridized carbons (Fsp3) is 0.444. The van der Waals surface area contributed by atoms with Crippen molar-refractivity contribution in [1.29, 1.82) is 0 Å². The van der Waals surface area contributed by atoms with Gasteiger partial charge >= 0.3 is 0 Å². The van der Waals surface area contributed by atoms with Crippen molar-refractivity contribution in [2.75, 3.05) is 33.4 Å². The highest BCUT2D eigenvalue weighted by Crippen LogP contribution is 2.05. The number of nitrogens with one attached hydrogen (secondary N) is 2. The van der Waals surface area contributed by atoms with Gasteiger partial charge in [-0.05, 0) is 12.5 Å². The molecule has 1 heterocycles. The van der Waals surface area contributed by atoms with Gasteiger partial charge < -0.3 is 19.9 Å². The van der Waals surface area contributed by atoms with Crippen molar-refractivity contribution in [3.05, 3.63) is 54.1 Å². The van der Waals surface area contributed by atoms with Crippen LogP contribution in [0.4, 0.5) is 0 Å². The van der Waals surface area contributed by atoms with Crippen LogP contribution in [0.2, 0.25) is 0 Å². The molecule has 0 aliphatic rings. The SMILES string of the molecule is CCNC(=NCCOC)NCCc1nccn1Cc1ccccc1. The quantitative estimate of drug-likeness (QED) is 0.417. The van der Waals surface area contributed by atoms with Crippen molar-refractivity contribution in [1.82, 2.24) is 20.2 Å². The number of methoxy groups -OCH3 is 1. The maximum absolute atomic E-state index is 5.03. The van der Waals surface area contributed by atoms with Crippen LogP contribution in [0.3, 0.4) is 0 Å². The second-order valence-corrected chi connectivity index (χ2v) is 5.39. The summed E-state index contributed by atoms with van der Waals surface area (Å²) in [6.07, 6.45) is 4.73. The molecule has 6 heteroatoms. The number of benzene rings is 1. The molecule has 0 atom stereocenters. The van der Waals surface area contributed by atoms with Crippen LogP contribution in [0.25, 0.3) is 0 Å². The Morgan fingerprint density at radius 1 is 1.25 bits per heavy atom. The third-order valence-corrected chi connectivity index (χ3v) is 3.55. The van der Waals surface area contributed by atoms with Crippen molar-refractivity contribution in [3.8, 4) is 0 Å². The first-order valence-corrected chi connectivity index (χ1v) is 8.38. The highest BCUT2D eigenvalue weighted by molar-refractivity contribution is 5.79. The summed E-state index contributed by atoms with van der Waals surface area (Å²) in [5, 5.41) is 6.57.